The average molecular weight is 466 g/mol. The van der Waals surface area contributed by atoms with Crippen molar-refractivity contribution in [2.75, 3.05) is 0 Å². The summed E-state index contributed by atoms with van der Waals surface area (Å²) in [7, 11) is 0. The second-order valence-electron chi connectivity index (χ2n) is 11.9. The van der Waals surface area contributed by atoms with Crippen LogP contribution in [0.4, 0.5) is 0 Å². The molecule has 3 aromatic rings. The molecule has 0 spiro atoms. The summed E-state index contributed by atoms with van der Waals surface area (Å²) >= 11 is 0. The molecule has 0 aliphatic rings. The third kappa shape index (κ3) is 5.87. The van der Waals surface area contributed by atoms with Crippen LogP contribution in [0.5, 0.6) is 0 Å². The fourth-order valence-corrected chi connectivity index (χ4v) is 5.92. The number of hydrogen-bond acceptors (Lipinski definition) is 1. The smallest absolute Gasteiger partial charge is 0.0994 e. The molecule has 0 fully saturated rings. The van der Waals surface area contributed by atoms with Crippen LogP contribution in [0.15, 0.2) is 54.6 Å². The predicted molar refractivity (Wildman–Crippen MR) is 150 cm³/mol. The van der Waals surface area contributed by atoms with Crippen molar-refractivity contribution >= 4 is 0 Å². The Hall–Kier alpha value is -2.85. The highest BCUT2D eigenvalue weighted by Crippen LogP contribution is 2.35. The maximum atomic E-state index is 9.86. The largest absolute Gasteiger partial charge is 0.192 e. The number of nitrogens with zero attached hydrogens (tertiary/aromatic N) is 1. The van der Waals surface area contributed by atoms with Gasteiger partial charge in [-0.1, -0.05) is 97.0 Å². The van der Waals surface area contributed by atoms with Gasteiger partial charge in [-0.15, -0.1) is 0 Å². The van der Waals surface area contributed by atoms with Crippen molar-refractivity contribution < 1.29 is 0 Å². The van der Waals surface area contributed by atoms with Crippen molar-refractivity contribution in [2.24, 2.45) is 0 Å². The van der Waals surface area contributed by atoms with Crippen molar-refractivity contribution in [3.8, 4) is 6.07 Å². The Balaban J connectivity index is 1.89. The van der Waals surface area contributed by atoms with Crippen LogP contribution in [0.25, 0.3) is 0 Å². The Kier molecular flexibility index (Phi) is 7.96. The zero-order valence-electron chi connectivity index (χ0n) is 23.3. The Morgan fingerprint density at radius 3 is 2.03 bits per heavy atom. The van der Waals surface area contributed by atoms with Crippen LogP contribution < -0.4 is 0 Å². The summed E-state index contributed by atoms with van der Waals surface area (Å²) in [5.41, 5.74) is 11.5. The van der Waals surface area contributed by atoms with Crippen molar-refractivity contribution in [1.82, 2.24) is 0 Å². The van der Waals surface area contributed by atoms with Gasteiger partial charge in [0.05, 0.1) is 11.6 Å². The van der Waals surface area contributed by atoms with Crippen molar-refractivity contribution in [1.29, 1.82) is 5.26 Å². The molecule has 184 valence electrons. The second kappa shape index (κ2) is 10.4. The topological polar surface area (TPSA) is 23.8 Å². The van der Waals surface area contributed by atoms with Gasteiger partial charge in [0.15, 0.2) is 0 Å². The molecule has 35 heavy (non-hydrogen) atoms. The molecule has 0 amide bonds. The van der Waals surface area contributed by atoms with Gasteiger partial charge in [-0.25, -0.2) is 0 Å². The van der Waals surface area contributed by atoms with Gasteiger partial charge < -0.3 is 0 Å². The molecule has 0 radical (unpaired) electrons. The third-order valence-corrected chi connectivity index (χ3v) is 7.66. The quantitative estimate of drug-likeness (QED) is 0.326. The van der Waals surface area contributed by atoms with Gasteiger partial charge in [-0.3, -0.25) is 0 Å². The maximum absolute atomic E-state index is 9.86. The Labute approximate surface area is 214 Å². The Morgan fingerprint density at radius 1 is 0.771 bits per heavy atom. The van der Waals surface area contributed by atoms with Crippen LogP contribution in [-0.2, 0) is 30.1 Å². The van der Waals surface area contributed by atoms with Gasteiger partial charge in [-0.2, -0.15) is 5.26 Å². The molecule has 0 atom stereocenters. The van der Waals surface area contributed by atoms with Gasteiger partial charge in [-0.05, 0) is 100 Å². The van der Waals surface area contributed by atoms with E-state index in [9.17, 15) is 5.26 Å². The second-order valence-corrected chi connectivity index (χ2v) is 11.9. The Bertz CT molecular complexity index is 1230. The average Bonchev–Trinajstić information content (AvgIpc) is 2.78. The SMILES string of the molecule is CCc1ccccc1C(C)(C)Cc1ccc(C(C)(C)Cc2cc(C)c(C(C)C)cc2C#N)c(C)c1. The molecule has 3 aromatic carbocycles. The van der Waals surface area contributed by atoms with E-state index >= 15 is 0 Å². The standard InChI is InChI=1S/C34H43N/c1-10-27-13-11-12-14-32(27)33(6,7)20-26-15-16-31(25(5)17-26)34(8,9)21-28-18-24(4)30(23(2)3)19-29(28)22-35/h11-19,23H,10,20-21H2,1-9H3. The molecule has 0 saturated heterocycles. The molecule has 0 N–H and O–H groups in total. The van der Waals surface area contributed by atoms with Crippen LogP contribution in [0.3, 0.4) is 0 Å². The molecule has 1 nitrogen and oxygen atoms in total. The molecular weight excluding hydrogens is 422 g/mol. The minimum atomic E-state index is -0.0651. The zero-order valence-corrected chi connectivity index (χ0v) is 23.3. The first-order valence-corrected chi connectivity index (χ1v) is 13.1. The number of nitriles is 1. The Morgan fingerprint density at radius 2 is 1.43 bits per heavy atom. The van der Waals surface area contributed by atoms with Crippen LogP contribution in [-0.4, -0.2) is 0 Å². The van der Waals surface area contributed by atoms with Crippen LogP contribution >= 0.6 is 0 Å². The number of rotatable bonds is 8. The third-order valence-electron chi connectivity index (χ3n) is 7.66. The first-order chi connectivity index (χ1) is 16.4. The van der Waals surface area contributed by atoms with Gasteiger partial charge in [0.2, 0.25) is 0 Å². The molecular formula is C34H43N. The normalized spacial score (nSPS) is 12.1. The van der Waals surface area contributed by atoms with E-state index in [0.29, 0.717) is 5.92 Å². The molecule has 0 aliphatic carbocycles. The van der Waals surface area contributed by atoms with Crippen molar-refractivity contribution in [3.63, 3.8) is 0 Å². The summed E-state index contributed by atoms with van der Waals surface area (Å²) in [5.74, 6) is 0.424. The molecule has 0 aliphatic heterocycles. The van der Waals surface area contributed by atoms with Gasteiger partial charge in [0.25, 0.3) is 0 Å². The molecule has 0 bridgehead atoms. The van der Waals surface area contributed by atoms with Crippen LogP contribution in [0, 0.1) is 25.2 Å². The maximum Gasteiger partial charge on any atom is 0.0994 e. The van der Waals surface area contributed by atoms with Gasteiger partial charge in [0.1, 0.15) is 0 Å². The van der Waals surface area contributed by atoms with Crippen LogP contribution in [0.2, 0.25) is 0 Å². The molecule has 3 rings (SSSR count). The summed E-state index contributed by atoms with van der Waals surface area (Å²) in [5, 5.41) is 9.86. The predicted octanol–water partition coefficient (Wildman–Crippen LogP) is 8.90. The minimum absolute atomic E-state index is 0.0651. The summed E-state index contributed by atoms with van der Waals surface area (Å²) in [6.07, 6.45) is 2.93. The fourth-order valence-electron chi connectivity index (χ4n) is 5.92. The first kappa shape index (κ1) is 26.7. The first-order valence-electron chi connectivity index (χ1n) is 13.1. The van der Waals surface area contributed by atoms with E-state index in [0.717, 1.165) is 30.4 Å². The molecule has 0 aromatic heterocycles. The summed E-state index contributed by atoms with van der Waals surface area (Å²) in [6, 6.07) is 22.7. The monoisotopic (exact) mass is 465 g/mol. The van der Waals surface area contributed by atoms with E-state index in [4.69, 9.17) is 0 Å². The lowest BCUT2D eigenvalue weighted by Crippen LogP contribution is -2.24. The van der Waals surface area contributed by atoms with E-state index in [2.05, 4.69) is 123 Å². The summed E-state index contributed by atoms with van der Waals surface area (Å²) in [4.78, 5) is 0. The minimum Gasteiger partial charge on any atom is -0.192 e. The summed E-state index contributed by atoms with van der Waals surface area (Å²) in [6.45, 7) is 20.4. The molecule has 1 heteroatoms. The van der Waals surface area contributed by atoms with Crippen molar-refractivity contribution in [2.45, 2.75) is 98.3 Å². The number of benzene rings is 3. The molecule has 0 unspecified atom stereocenters. The van der Waals surface area contributed by atoms with E-state index in [1.165, 1.54) is 38.9 Å². The number of hydrogen-bond donors (Lipinski definition) is 0. The number of aryl methyl sites for hydroxylation is 3. The zero-order chi connectivity index (χ0) is 26.0. The lowest BCUT2D eigenvalue weighted by atomic mass is 9.74. The lowest BCUT2D eigenvalue weighted by Gasteiger charge is -2.31. The van der Waals surface area contributed by atoms with Gasteiger partial charge in [0, 0.05) is 0 Å². The lowest BCUT2D eigenvalue weighted by molar-refractivity contribution is 0.510. The summed E-state index contributed by atoms with van der Waals surface area (Å²) < 4.78 is 0. The highest BCUT2D eigenvalue weighted by molar-refractivity contribution is 5.48. The van der Waals surface area contributed by atoms with E-state index < -0.39 is 0 Å². The van der Waals surface area contributed by atoms with Crippen molar-refractivity contribution in [3.05, 3.63) is 105 Å². The van der Waals surface area contributed by atoms with Crippen LogP contribution in [0.1, 0.15) is 104 Å². The molecule has 0 saturated carbocycles. The highest BCUT2D eigenvalue weighted by Gasteiger charge is 2.27. The van der Waals surface area contributed by atoms with E-state index in [1.807, 2.05) is 0 Å². The van der Waals surface area contributed by atoms with E-state index in [-0.39, 0.29) is 10.8 Å². The highest BCUT2D eigenvalue weighted by atomic mass is 14.3. The van der Waals surface area contributed by atoms with Gasteiger partial charge >= 0.3 is 0 Å². The fraction of sp³-hybridized carbons (Fsp3) is 0.441. The van der Waals surface area contributed by atoms with E-state index in [1.54, 1.807) is 0 Å². The molecule has 0 heterocycles.